The Morgan fingerprint density at radius 2 is 1.24 bits per heavy atom. The van der Waals surface area contributed by atoms with Gasteiger partial charge in [-0.3, -0.25) is 0 Å². The third-order valence-corrected chi connectivity index (χ3v) is 7.40. The maximum atomic E-state index is 13.0. The van der Waals surface area contributed by atoms with E-state index in [0.29, 0.717) is 4.90 Å². The van der Waals surface area contributed by atoms with Crippen molar-refractivity contribution in [2.75, 3.05) is 31.3 Å². The van der Waals surface area contributed by atoms with Gasteiger partial charge < -0.3 is 10.6 Å². The Labute approximate surface area is 177 Å². The summed E-state index contributed by atoms with van der Waals surface area (Å²) in [5, 5.41) is 1.82. The number of sulfone groups is 1. The fraction of sp³-hybridized carbons (Fsp3) is 0.583. The largest absolute Gasteiger partial charge is 0.377 e. The molecule has 5 heteroatoms. The van der Waals surface area contributed by atoms with Crippen molar-refractivity contribution in [1.29, 1.82) is 0 Å². The quantitative estimate of drug-likeness (QED) is 0.409. The number of nitrogens with zero attached hydrogens (tertiary/aromatic N) is 1. The van der Waals surface area contributed by atoms with Gasteiger partial charge in [-0.1, -0.05) is 75.6 Å². The van der Waals surface area contributed by atoms with Gasteiger partial charge in [0.05, 0.1) is 10.6 Å². The van der Waals surface area contributed by atoms with Gasteiger partial charge >= 0.3 is 0 Å². The lowest BCUT2D eigenvalue weighted by Crippen LogP contribution is -2.10. The monoisotopic (exact) mass is 418 g/mol. The standard InChI is InChI=1S/C24H38N2O2S/c1-26(2)23-17-13-16-22-21(23)15-14-18-24(22)29(27,28)20-12-10-8-6-4-3-5-7-9-11-19-25/h13-18H,3-12,19-20,25H2,1-2H3. The summed E-state index contributed by atoms with van der Waals surface area (Å²) in [5.41, 5.74) is 6.55. The summed E-state index contributed by atoms with van der Waals surface area (Å²) in [7, 11) is 0.696. The van der Waals surface area contributed by atoms with E-state index in [1.165, 1.54) is 38.5 Å². The molecule has 2 N–H and O–H groups in total. The van der Waals surface area contributed by atoms with E-state index in [0.717, 1.165) is 48.7 Å². The summed E-state index contributed by atoms with van der Waals surface area (Å²) < 4.78 is 25.9. The van der Waals surface area contributed by atoms with E-state index in [2.05, 4.69) is 0 Å². The Morgan fingerprint density at radius 1 is 0.724 bits per heavy atom. The number of fused-ring (bicyclic) bond motifs is 1. The normalized spacial score (nSPS) is 11.8. The molecular formula is C24H38N2O2S. The molecule has 2 rings (SSSR count). The molecule has 0 heterocycles. The average molecular weight is 419 g/mol. The van der Waals surface area contributed by atoms with Crippen LogP contribution < -0.4 is 10.6 Å². The smallest absolute Gasteiger partial charge is 0.178 e. The van der Waals surface area contributed by atoms with Gasteiger partial charge in [-0.15, -0.1) is 0 Å². The number of rotatable bonds is 14. The van der Waals surface area contributed by atoms with Gasteiger partial charge in [0.15, 0.2) is 9.84 Å². The van der Waals surface area contributed by atoms with Crippen LogP contribution in [0.5, 0.6) is 0 Å². The highest BCUT2D eigenvalue weighted by molar-refractivity contribution is 7.91. The Balaban J connectivity index is 1.81. The van der Waals surface area contributed by atoms with E-state index >= 15 is 0 Å². The molecule has 29 heavy (non-hydrogen) atoms. The molecule has 4 nitrogen and oxygen atoms in total. The molecule has 162 valence electrons. The maximum Gasteiger partial charge on any atom is 0.178 e. The molecule has 0 atom stereocenters. The average Bonchev–Trinajstić information content (AvgIpc) is 2.71. The number of nitrogens with two attached hydrogens (primary N) is 1. The molecule has 2 aromatic carbocycles. The summed E-state index contributed by atoms with van der Waals surface area (Å²) in [6, 6.07) is 11.5. The lowest BCUT2D eigenvalue weighted by Gasteiger charge is -2.17. The molecule has 0 bridgehead atoms. The molecule has 0 radical (unpaired) electrons. The molecule has 0 saturated carbocycles. The molecule has 0 amide bonds. The number of hydrogen-bond donors (Lipinski definition) is 1. The molecule has 0 aliphatic carbocycles. The summed E-state index contributed by atoms with van der Waals surface area (Å²) in [6.45, 7) is 0.804. The van der Waals surface area contributed by atoms with Crippen LogP contribution in [0.15, 0.2) is 41.3 Å². The lowest BCUT2D eigenvalue weighted by molar-refractivity contribution is 0.554. The molecule has 0 aliphatic rings. The van der Waals surface area contributed by atoms with Crippen LogP contribution in [0.1, 0.15) is 64.2 Å². The van der Waals surface area contributed by atoms with Crippen LogP contribution in [0.25, 0.3) is 10.8 Å². The van der Waals surface area contributed by atoms with E-state index < -0.39 is 9.84 Å². The SMILES string of the molecule is CN(C)c1cccc2c(S(=O)(=O)CCCCCCCCCCCCN)cccc12. The van der Waals surface area contributed by atoms with E-state index in [1.807, 2.05) is 49.3 Å². The van der Waals surface area contributed by atoms with Gasteiger partial charge in [-0.05, 0) is 31.5 Å². The molecule has 0 aromatic heterocycles. The van der Waals surface area contributed by atoms with Gasteiger partial charge in [-0.2, -0.15) is 0 Å². The molecule has 2 aromatic rings. The van der Waals surface area contributed by atoms with Crippen LogP contribution in [-0.2, 0) is 9.84 Å². The Kier molecular flexibility index (Phi) is 9.95. The minimum atomic E-state index is -3.27. The van der Waals surface area contributed by atoms with Crippen molar-refractivity contribution in [3.05, 3.63) is 36.4 Å². The first-order chi connectivity index (χ1) is 14.0. The van der Waals surface area contributed by atoms with Gasteiger partial charge in [0.2, 0.25) is 0 Å². The molecular weight excluding hydrogens is 380 g/mol. The van der Waals surface area contributed by atoms with Crippen molar-refractivity contribution >= 4 is 26.3 Å². The Morgan fingerprint density at radius 3 is 1.83 bits per heavy atom. The van der Waals surface area contributed by atoms with E-state index in [4.69, 9.17) is 5.73 Å². The Bertz CT molecular complexity index is 847. The molecule has 0 saturated heterocycles. The van der Waals surface area contributed by atoms with Crippen LogP contribution in [0.3, 0.4) is 0 Å². The third-order valence-electron chi connectivity index (χ3n) is 5.54. The summed E-state index contributed by atoms with van der Waals surface area (Å²) in [6.07, 6.45) is 11.6. The predicted octanol–water partition coefficient (Wildman–Crippen LogP) is 5.54. The van der Waals surface area contributed by atoms with Crippen LogP contribution in [-0.4, -0.2) is 34.8 Å². The number of benzene rings is 2. The summed E-state index contributed by atoms with van der Waals surface area (Å²) >= 11 is 0. The minimum absolute atomic E-state index is 0.234. The van der Waals surface area contributed by atoms with Crippen LogP contribution in [0.2, 0.25) is 0 Å². The lowest BCUT2D eigenvalue weighted by atomic mass is 10.1. The first kappa shape index (κ1) is 23.7. The molecule has 0 spiro atoms. The zero-order chi connectivity index (χ0) is 21.1. The van der Waals surface area contributed by atoms with Gasteiger partial charge in [0.1, 0.15) is 0 Å². The first-order valence-electron chi connectivity index (χ1n) is 11.1. The third kappa shape index (κ3) is 7.31. The van der Waals surface area contributed by atoms with Crippen molar-refractivity contribution in [2.45, 2.75) is 69.1 Å². The second-order valence-electron chi connectivity index (χ2n) is 8.17. The van der Waals surface area contributed by atoms with Crippen LogP contribution in [0.4, 0.5) is 5.69 Å². The second-order valence-corrected chi connectivity index (χ2v) is 10.2. The fourth-order valence-electron chi connectivity index (χ4n) is 3.89. The highest BCUT2D eigenvalue weighted by Crippen LogP contribution is 2.31. The van der Waals surface area contributed by atoms with Crippen molar-refractivity contribution in [3.8, 4) is 0 Å². The zero-order valence-corrected chi connectivity index (χ0v) is 19.0. The van der Waals surface area contributed by atoms with E-state index in [-0.39, 0.29) is 5.75 Å². The summed E-state index contributed by atoms with van der Waals surface area (Å²) in [4.78, 5) is 2.49. The predicted molar refractivity (Wildman–Crippen MR) is 126 cm³/mol. The van der Waals surface area contributed by atoms with Crippen molar-refractivity contribution in [2.24, 2.45) is 5.73 Å². The van der Waals surface area contributed by atoms with Gasteiger partial charge in [0.25, 0.3) is 0 Å². The highest BCUT2D eigenvalue weighted by atomic mass is 32.2. The van der Waals surface area contributed by atoms with Gasteiger partial charge in [-0.25, -0.2) is 8.42 Å². The minimum Gasteiger partial charge on any atom is -0.377 e. The number of unbranched alkanes of at least 4 members (excludes halogenated alkanes) is 9. The number of anilines is 1. The van der Waals surface area contributed by atoms with Crippen molar-refractivity contribution in [1.82, 2.24) is 0 Å². The summed E-state index contributed by atoms with van der Waals surface area (Å²) in [5.74, 6) is 0.234. The molecule has 0 unspecified atom stereocenters. The van der Waals surface area contributed by atoms with Crippen molar-refractivity contribution < 1.29 is 8.42 Å². The zero-order valence-electron chi connectivity index (χ0n) is 18.2. The fourth-order valence-corrected chi connectivity index (χ4v) is 5.49. The molecule has 0 fully saturated rings. The Hall–Kier alpha value is -1.59. The van der Waals surface area contributed by atoms with Crippen LogP contribution >= 0.6 is 0 Å². The highest BCUT2D eigenvalue weighted by Gasteiger charge is 2.18. The number of hydrogen-bond acceptors (Lipinski definition) is 4. The van der Waals surface area contributed by atoms with E-state index in [1.54, 1.807) is 6.07 Å². The maximum absolute atomic E-state index is 13.0. The second kappa shape index (κ2) is 12.2. The van der Waals surface area contributed by atoms with Gasteiger partial charge in [0, 0.05) is 30.6 Å². The topological polar surface area (TPSA) is 63.4 Å². The van der Waals surface area contributed by atoms with Crippen LogP contribution in [0, 0.1) is 0 Å². The first-order valence-corrected chi connectivity index (χ1v) is 12.7. The van der Waals surface area contributed by atoms with Crippen molar-refractivity contribution in [3.63, 3.8) is 0 Å². The molecule has 0 aliphatic heterocycles. The van der Waals surface area contributed by atoms with E-state index in [9.17, 15) is 8.42 Å².